The molecule has 2 aliphatic rings. The maximum absolute atomic E-state index is 12.6. The van der Waals surface area contributed by atoms with Gasteiger partial charge in [0.25, 0.3) is 5.91 Å². The number of tetrazole rings is 1. The molecule has 2 saturated heterocycles. The number of amides is 1. The van der Waals surface area contributed by atoms with Gasteiger partial charge in [0.2, 0.25) is 0 Å². The van der Waals surface area contributed by atoms with Crippen LogP contribution < -0.4 is 0 Å². The van der Waals surface area contributed by atoms with Crippen LogP contribution >= 0.6 is 0 Å². The topological polar surface area (TPSA) is 89.5 Å². The van der Waals surface area contributed by atoms with E-state index < -0.39 is 0 Å². The Labute approximate surface area is 171 Å². The molecule has 0 radical (unpaired) electrons. The number of ether oxygens (including phenoxy) is 1. The average Bonchev–Trinajstić information content (AvgIpc) is 3.49. The molecule has 0 N–H and O–H groups in total. The van der Waals surface area contributed by atoms with Crippen LogP contribution in [0, 0.1) is 5.92 Å². The Bertz CT molecular complexity index is 776. The molecule has 0 unspecified atom stereocenters. The minimum atomic E-state index is -0.0433. The van der Waals surface area contributed by atoms with Gasteiger partial charge in [-0.3, -0.25) is 9.69 Å². The van der Waals surface area contributed by atoms with Crippen LogP contribution in [-0.4, -0.2) is 74.8 Å². The molecule has 4 rings (SSSR count). The lowest BCUT2D eigenvalue weighted by Gasteiger charge is -2.39. The Kier molecular flexibility index (Phi) is 6.25. The molecule has 0 saturated carbocycles. The van der Waals surface area contributed by atoms with Crippen LogP contribution in [0.1, 0.15) is 55.5 Å². The van der Waals surface area contributed by atoms with Crippen molar-refractivity contribution in [2.24, 2.45) is 5.92 Å². The summed E-state index contributed by atoms with van der Waals surface area (Å²) in [4.78, 5) is 16.8. The molecule has 0 spiro atoms. The standard InChI is InChI=1S/C20H30N6O3/c1-15(2)13-17(19-21-22-23-26(19)14-16-5-3-11-28-16)24-7-9-25(10-8-24)20(27)18-6-4-12-29-18/h4,6,12,15-17H,3,5,7-11,13-14H2,1-2H3/t16-,17+/m0/s1. The number of hydrogen-bond acceptors (Lipinski definition) is 7. The van der Waals surface area contributed by atoms with Gasteiger partial charge in [-0.2, -0.15) is 0 Å². The summed E-state index contributed by atoms with van der Waals surface area (Å²) in [6.45, 7) is 8.88. The van der Waals surface area contributed by atoms with Gasteiger partial charge in [-0.1, -0.05) is 13.8 Å². The van der Waals surface area contributed by atoms with Crippen LogP contribution in [0.5, 0.6) is 0 Å². The predicted molar refractivity (Wildman–Crippen MR) is 105 cm³/mol. The number of carbonyl (C=O) groups excluding carboxylic acids is 1. The molecular weight excluding hydrogens is 372 g/mol. The van der Waals surface area contributed by atoms with Crippen molar-refractivity contribution in [3.63, 3.8) is 0 Å². The van der Waals surface area contributed by atoms with Crippen molar-refractivity contribution >= 4 is 5.91 Å². The fourth-order valence-electron chi connectivity index (χ4n) is 4.22. The SMILES string of the molecule is CC(C)C[C@H](c1nnnn1C[C@@H]1CCCO1)N1CCN(C(=O)c2ccco2)CC1. The van der Waals surface area contributed by atoms with Crippen molar-refractivity contribution in [3.05, 3.63) is 30.0 Å². The fraction of sp³-hybridized carbons (Fsp3) is 0.700. The predicted octanol–water partition coefficient (Wildman–Crippen LogP) is 1.99. The van der Waals surface area contributed by atoms with E-state index in [2.05, 4.69) is 34.3 Å². The lowest BCUT2D eigenvalue weighted by molar-refractivity contribution is 0.0488. The third-order valence-electron chi connectivity index (χ3n) is 5.73. The highest BCUT2D eigenvalue weighted by molar-refractivity contribution is 5.91. The first-order valence-corrected chi connectivity index (χ1v) is 10.6. The van der Waals surface area contributed by atoms with Crippen molar-refractivity contribution in [1.29, 1.82) is 0 Å². The first-order chi connectivity index (χ1) is 14.1. The van der Waals surface area contributed by atoms with Crippen molar-refractivity contribution < 1.29 is 13.9 Å². The summed E-state index contributed by atoms with van der Waals surface area (Å²) in [7, 11) is 0. The van der Waals surface area contributed by atoms with E-state index in [1.54, 1.807) is 12.1 Å². The highest BCUT2D eigenvalue weighted by Gasteiger charge is 2.32. The highest BCUT2D eigenvalue weighted by Crippen LogP contribution is 2.28. The smallest absolute Gasteiger partial charge is 0.289 e. The van der Waals surface area contributed by atoms with Crippen LogP contribution in [0.2, 0.25) is 0 Å². The van der Waals surface area contributed by atoms with Gasteiger partial charge < -0.3 is 14.1 Å². The molecule has 2 aromatic rings. The minimum Gasteiger partial charge on any atom is -0.459 e. The Morgan fingerprint density at radius 3 is 2.76 bits per heavy atom. The molecule has 1 amide bonds. The zero-order valence-electron chi connectivity index (χ0n) is 17.2. The summed E-state index contributed by atoms with van der Waals surface area (Å²) < 4.78 is 13.0. The van der Waals surface area contributed by atoms with E-state index in [0.29, 0.717) is 31.3 Å². The summed E-state index contributed by atoms with van der Waals surface area (Å²) >= 11 is 0. The Balaban J connectivity index is 1.44. The summed E-state index contributed by atoms with van der Waals surface area (Å²) in [6.07, 6.45) is 4.86. The molecule has 29 heavy (non-hydrogen) atoms. The van der Waals surface area contributed by atoms with Crippen LogP contribution in [-0.2, 0) is 11.3 Å². The van der Waals surface area contributed by atoms with E-state index in [4.69, 9.17) is 9.15 Å². The van der Waals surface area contributed by atoms with E-state index in [-0.39, 0.29) is 18.1 Å². The number of rotatable bonds is 7. The second-order valence-corrected chi connectivity index (χ2v) is 8.31. The van der Waals surface area contributed by atoms with Gasteiger partial charge in [0, 0.05) is 32.8 Å². The second-order valence-electron chi connectivity index (χ2n) is 8.31. The van der Waals surface area contributed by atoms with Crippen LogP contribution in [0.25, 0.3) is 0 Å². The quantitative estimate of drug-likeness (QED) is 0.700. The van der Waals surface area contributed by atoms with E-state index in [9.17, 15) is 4.79 Å². The zero-order valence-corrected chi connectivity index (χ0v) is 17.2. The van der Waals surface area contributed by atoms with E-state index in [1.165, 1.54) is 6.26 Å². The molecule has 4 heterocycles. The molecule has 2 aliphatic heterocycles. The molecule has 158 valence electrons. The fourth-order valence-corrected chi connectivity index (χ4v) is 4.22. The van der Waals surface area contributed by atoms with Crippen molar-refractivity contribution in [2.75, 3.05) is 32.8 Å². The molecule has 2 aromatic heterocycles. The molecule has 9 heteroatoms. The maximum atomic E-state index is 12.6. The van der Waals surface area contributed by atoms with Gasteiger partial charge in [-0.05, 0) is 47.7 Å². The third-order valence-corrected chi connectivity index (χ3v) is 5.73. The monoisotopic (exact) mass is 402 g/mol. The highest BCUT2D eigenvalue weighted by atomic mass is 16.5. The molecule has 2 fully saturated rings. The molecule has 9 nitrogen and oxygen atoms in total. The van der Waals surface area contributed by atoms with E-state index >= 15 is 0 Å². The molecule has 0 aliphatic carbocycles. The van der Waals surface area contributed by atoms with E-state index in [1.807, 2.05) is 9.58 Å². The number of hydrogen-bond donors (Lipinski definition) is 0. The minimum absolute atomic E-state index is 0.0433. The van der Waals surface area contributed by atoms with Gasteiger partial charge in [-0.25, -0.2) is 4.68 Å². The summed E-state index contributed by atoms with van der Waals surface area (Å²) in [5.41, 5.74) is 0. The number of piperazine rings is 1. The van der Waals surface area contributed by atoms with Crippen LogP contribution in [0.15, 0.2) is 22.8 Å². The first-order valence-electron chi connectivity index (χ1n) is 10.6. The summed E-state index contributed by atoms with van der Waals surface area (Å²) in [5, 5.41) is 12.6. The van der Waals surface area contributed by atoms with Gasteiger partial charge in [0.15, 0.2) is 11.6 Å². The normalized spacial score (nSPS) is 21.8. The van der Waals surface area contributed by atoms with Crippen LogP contribution in [0.3, 0.4) is 0 Å². The first kappa shape index (κ1) is 20.0. The van der Waals surface area contributed by atoms with Crippen molar-refractivity contribution in [3.8, 4) is 0 Å². The van der Waals surface area contributed by atoms with Gasteiger partial charge in [0.1, 0.15) is 0 Å². The van der Waals surface area contributed by atoms with Gasteiger partial charge in [0.05, 0.1) is 25.0 Å². The largest absolute Gasteiger partial charge is 0.459 e. The Hall–Kier alpha value is -2.26. The van der Waals surface area contributed by atoms with Gasteiger partial charge >= 0.3 is 0 Å². The third kappa shape index (κ3) is 4.67. The molecule has 2 atom stereocenters. The molecular formula is C20H30N6O3. The second kappa shape index (κ2) is 9.04. The molecule has 0 bridgehead atoms. The van der Waals surface area contributed by atoms with Crippen LogP contribution in [0.4, 0.5) is 0 Å². The lowest BCUT2D eigenvalue weighted by Crippen LogP contribution is -2.50. The zero-order chi connectivity index (χ0) is 20.2. The Morgan fingerprint density at radius 2 is 2.10 bits per heavy atom. The van der Waals surface area contributed by atoms with Crippen molar-refractivity contribution in [1.82, 2.24) is 30.0 Å². The molecule has 0 aromatic carbocycles. The number of aromatic nitrogens is 4. The lowest BCUT2D eigenvalue weighted by atomic mass is 10.0. The van der Waals surface area contributed by atoms with Gasteiger partial charge in [-0.15, -0.1) is 5.10 Å². The summed E-state index contributed by atoms with van der Waals surface area (Å²) in [5.74, 6) is 1.77. The number of furan rings is 1. The Morgan fingerprint density at radius 1 is 1.28 bits per heavy atom. The maximum Gasteiger partial charge on any atom is 0.289 e. The summed E-state index contributed by atoms with van der Waals surface area (Å²) in [6, 6.07) is 3.60. The number of nitrogens with zero attached hydrogens (tertiary/aromatic N) is 6. The number of carbonyl (C=O) groups is 1. The van der Waals surface area contributed by atoms with E-state index in [0.717, 1.165) is 44.8 Å². The van der Waals surface area contributed by atoms with Crippen molar-refractivity contribution in [2.45, 2.75) is 51.8 Å². The average molecular weight is 402 g/mol.